The van der Waals surface area contributed by atoms with Crippen molar-refractivity contribution in [2.24, 2.45) is 0 Å². The first-order chi connectivity index (χ1) is 7.81. The molecule has 0 saturated carbocycles. The van der Waals surface area contributed by atoms with Gasteiger partial charge in [0.2, 0.25) is 0 Å². The van der Waals surface area contributed by atoms with Crippen LogP contribution in [0.15, 0.2) is 34.2 Å². The Morgan fingerprint density at radius 3 is 3.12 bits per heavy atom. The number of nitrogens with one attached hydrogen (secondary N) is 1. The number of fused-ring (bicyclic) bond motifs is 3. The summed E-state index contributed by atoms with van der Waals surface area (Å²) in [7, 11) is 0. The van der Waals surface area contributed by atoms with Gasteiger partial charge in [-0.05, 0) is 18.4 Å². The van der Waals surface area contributed by atoms with Crippen LogP contribution in [-0.2, 0) is 0 Å². The number of H-pyrrole nitrogens is 1. The van der Waals surface area contributed by atoms with Crippen molar-refractivity contribution in [3.63, 3.8) is 0 Å². The second kappa shape index (κ2) is 3.34. The van der Waals surface area contributed by atoms with Crippen molar-refractivity contribution in [2.45, 2.75) is 4.90 Å². The van der Waals surface area contributed by atoms with Crippen LogP contribution in [0.4, 0.5) is 0 Å². The van der Waals surface area contributed by atoms with Gasteiger partial charge >= 0.3 is 5.69 Å². The molecule has 2 heterocycles. The van der Waals surface area contributed by atoms with Crippen molar-refractivity contribution < 1.29 is 0 Å². The van der Waals surface area contributed by atoms with Crippen molar-refractivity contribution in [3.05, 3.63) is 35.0 Å². The van der Waals surface area contributed by atoms with E-state index in [1.807, 2.05) is 24.5 Å². The zero-order valence-corrected chi connectivity index (χ0v) is 9.28. The zero-order valence-electron chi connectivity index (χ0n) is 8.47. The fourth-order valence-corrected chi connectivity index (χ4v) is 2.33. The van der Waals surface area contributed by atoms with Gasteiger partial charge in [0.25, 0.3) is 0 Å². The predicted molar refractivity (Wildman–Crippen MR) is 62.9 cm³/mol. The van der Waals surface area contributed by atoms with E-state index in [9.17, 15) is 4.79 Å². The Labute approximate surface area is 94.5 Å². The fourth-order valence-electron chi connectivity index (χ4n) is 1.75. The van der Waals surface area contributed by atoms with E-state index in [1.54, 1.807) is 11.8 Å². The van der Waals surface area contributed by atoms with Crippen LogP contribution < -0.4 is 5.69 Å². The molecule has 1 N–H and O–H groups in total. The van der Waals surface area contributed by atoms with E-state index in [1.165, 1.54) is 10.8 Å². The molecule has 0 amide bonds. The number of nitrogens with zero attached hydrogens (tertiary/aromatic N) is 3. The van der Waals surface area contributed by atoms with Gasteiger partial charge in [-0.1, -0.05) is 6.07 Å². The molecule has 0 unspecified atom stereocenters. The average molecular weight is 232 g/mol. The Hall–Kier alpha value is -1.82. The van der Waals surface area contributed by atoms with Gasteiger partial charge in [-0.15, -0.1) is 11.8 Å². The first-order valence-electron chi connectivity index (χ1n) is 4.70. The molecule has 0 spiro atoms. The highest BCUT2D eigenvalue weighted by Crippen LogP contribution is 2.24. The predicted octanol–water partition coefficient (Wildman–Crippen LogP) is 1.29. The summed E-state index contributed by atoms with van der Waals surface area (Å²) in [5.74, 6) is 0. The molecule has 0 aliphatic rings. The number of aromatic amines is 1. The smallest absolute Gasteiger partial charge is 0.304 e. The van der Waals surface area contributed by atoms with E-state index in [-0.39, 0.29) is 5.69 Å². The van der Waals surface area contributed by atoms with Crippen LogP contribution in [0.5, 0.6) is 0 Å². The minimum absolute atomic E-state index is 0.262. The van der Waals surface area contributed by atoms with Crippen LogP contribution >= 0.6 is 11.8 Å². The largest absolute Gasteiger partial charge is 0.348 e. The molecule has 0 aliphatic heterocycles. The summed E-state index contributed by atoms with van der Waals surface area (Å²) < 4.78 is 1.27. The molecule has 80 valence electrons. The lowest BCUT2D eigenvalue weighted by Gasteiger charge is -2.03. The van der Waals surface area contributed by atoms with E-state index in [2.05, 4.69) is 15.1 Å². The lowest BCUT2D eigenvalue weighted by Crippen LogP contribution is -2.17. The molecule has 1 aromatic carbocycles. The maximum Gasteiger partial charge on any atom is 0.348 e. The molecule has 6 heteroatoms. The van der Waals surface area contributed by atoms with Crippen LogP contribution in [0.2, 0.25) is 0 Å². The highest BCUT2D eigenvalue weighted by Gasteiger charge is 2.08. The van der Waals surface area contributed by atoms with Gasteiger partial charge in [-0.2, -0.15) is 9.61 Å². The topological polar surface area (TPSA) is 63.0 Å². The van der Waals surface area contributed by atoms with Gasteiger partial charge in [0.1, 0.15) is 6.33 Å². The van der Waals surface area contributed by atoms with E-state index >= 15 is 0 Å². The van der Waals surface area contributed by atoms with Crippen molar-refractivity contribution >= 4 is 28.3 Å². The minimum Gasteiger partial charge on any atom is -0.304 e. The summed E-state index contributed by atoms with van der Waals surface area (Å²) in [6, 6.07) is 5.84. The Morgan fingerprint density at radius 1 is 1.44 bits per heavy atom. The van der Waals surface area contributed by atoms with E-state index in [0.29, 0.717) is 5.65 Å². The first kappa shape index (κ1) is 9.41. The monoisotopic (exact) mass is 232 g/mol. The lowest BCUT2D eigenvalue weighted by molar-refractivity contribution is 0.880. The van der Waals surface area contributed by atoms with Crippen molar-refractivity contribution in [1.29, 1.82) is 0 Å². The van der Waals surface area contributed by atoms with Crippen LogP contribution in [-0.4, -0.2) is 25.8 Å². The summed E-state index contributed by atoms with van der Waals surface area (Å²) in [5.41, 5.74) is 1.15. The molecule has 3 rings (SSSR count). The number of aromatic nitrogens is 4. The summed E-state index contributed by atoms with van der Waals surface area (Å²) in [5, 5.41) is 4.79. The highest BCUT2D eigenvalue weighted by molar-refractivity contribution is 7.98. The molecule has 16 heavy (non-hydrogen) atoms. The van der Waals surface area contributed by atoms with Gasteiger partial charge in [-0.25, -0.2) is 9.78 Å². The van der Waals surface area contributed by atoms with Crippen LogP contribution in [0.25, 0.3) is 16.6 Å². The maximum atomic E-state index is 11.7. The van der Waals surface area contributed by atoms with E-state index in [0.717, 1.165) is 15.8 Å². The Bertz CT molecular complexity index is 730. The summed E-state index contributed by atoms with van der Waals surface area (Å²) >= 11 is 1.59. The number of thioether (sulfide) groups is 1. The summed E-state index contributed by atoms with van der Waals surface area (Å²) in [6.07, 6.45) is 3.36. The van der Waals surface area contributed by atoms with Crippen LogP contribution in [0, 0.1) is 0 Å². The maximum absolute atomic E-state index is 11.7. The molecule has 0 saturated heterocycles. The number of hydrogen-bond acceptors (Lipinski definition) is 4. The minimum atomic E-state index is -0.262. The van der Waals surface area contributed by atoms with Crippen LogP contribution in [0.1, 0.15) is 0 Å². The molecular weight excluding hydrogens is 224 g/mol. The van der Waals surface area contributed by atoms with Gasteiger partial charge in [0.05, 0.1) is 5.52 Å². The quantitative estimate of drug-likeness (QED) is 0.642. The summed E-state index contributed by atoms with van der Waals surface area (Å²) in [6.45, 7) is 0. The second-order valence-electron chi connectivity index (χ2n) is 3.31. The third-order valence-electron chi connectivity index (χ3n) is 2.46. The van der Waals surface area contributed by atoms with Crippen molar-refractivity contribution in [3.8, 4) is 0 Å². The molecule has 3 aromatic rings. The molecule has 0 fully saturated rings. The van der Waals surface area contributed by atoms with Crippen molar-refractivity contribution in [1.82, 2.24) is 19.6 Å². The standard InChI is InChI=1S/C10H8N4OS/c1-16-7-4-2-3-6-8(7)13-10(15)14-9(6)11-5-12-14/h2-5H,1H3,(H,13,15). The van der Waals surface area contributed by atoms with E-state index in [4.69, 9.17) is 0 Å². The van der Waals surface area contributed by atoms with Gasteiger partial charge in [-0.3, -0.25) is 0 Å². The fraction of sp³-hybridized carbons (Fsp3) is 0.100. The third kappa shape index (κ3) is 1.16. The molecule has 0 radical (unpaired) electrons. The molecule has 2 aromatic heterocycles. The second-order valence-corrected chi connectivity index (χ2v) is 4.16. The molecule has 0 atom stereocenters. The Balaban J connectivity index is 2.63. The normalized spacial score (nSPS) is 11.3. The molecule has 5 nitrogen and oxygen atoms in total. The van der Waals surface area contributed by atoms with Gasteiger partial charge < -0.3 is 4.98 Å². The number of hydrogen-bond donors (Lipinski definition) is 1. The third-order valence-corrected chi connectivity index (χ3v) is 3.24. The SMILES string of the molecule is CSc1cccc2c1[nH]c(=O)n1ncnc21. The summed E-state index contributed by atoms with van der Waals surface area (Å²) in [4.78, 5) is 19.7. The molecule has 0 bridgehead atoms. The van der Waals surface area contributed by atoms with E-state index < -0.39 is 0 Å². The number of para-hydroxylation sites is 1. The number of benzene rings is 1. The Kier molecular flexibility index (Phi) is 1.97. The molecular formula is C10H8N4OS. The first-order valence-corrected chi connectivity index (χ1v) is 5.92. The van der Waals surface area contributed by atoms with Gasteiger partial charge in [0, 0.05) is 10.3 Å². The lowest BCUT2D eigenvalue weighted by atomic mass is 10.2. The van der Waals surface area contributed by atoms with Crippen molar-refractivity contribution in [2.75, 3.05) is 6.26 Å². The number of rotatable bonds is 1. The molecule has 0 aliphatic carbocycles. The Morgan fingerprint density at radius 2 is 2.31 bits per heavy atom. The zero-order chi connectivity index (χ0) is 11.1. The van der Waals surface area contributed by atoms with Crippen LogP contribution in [0.3, 0.4) is 0 Å². The average Bonchev–Trinajstić information content (AvgIpc) is 2.78. The highest BCUT2D eigenvalue weighted by atomic mass is 32.2. The van der Waals surface area contributed by atoms with Gasteiger partial charge in [0.15, 0.2) is 5.65 Å².